The van der Waals surface area contributed by atoms with E-state index in [1.807, 2.05) is 24.5 Å². The topological polar surface area (TPSA) is 70.2 Å². The summed E-state index contributed by atoms with van der Waals surface area (Å²) in [6, 6.07) is 9.88. The maximum Gasteiger partial charge on any atom is 0.251 e. The number of carbonyl (C=O) groups is 2. The van der Waals surface area contributed by atoms with Gasteiger partial charge in [0, 0.05) is 23.7 Å². The van der Waals surface area contributed by atoms with E-state index in [0.29, 0.717) is 24.1 Å². The van der Waals surface area contributed by atoms with Crippen molar-refractivity contribution in [2.75, 3.05) is 12.0 Å². The predicted octanol–water partition coefficient (Wildman–Crippen LogP) is 2.36. The molecule has 0 saturated carbocycles. The molecule has 1 aromatic rings. The lowest BCUT2D eigenvalue weighted by Crippen LogP contribution is -2.53. The molecule has 5 nitrogen and oxygen atoms in total. The second-order valence-electron chi connectivity index (χ2n) is 6.99. The largest absolute Gasteiger partial charge is 0.351 e. The van der Waals surface area contributed by atoms with Crippen molar-refractivity contribution in [1.82, 2.24) is 16.0 Å². The smallest absolute Gasteiger partial charge is 0.251 e. The van der Waals surface area contributed by atoms with E-state index >= 15 is 0 Å². The predicted molar refractivity (Wildman–Crippen MR) is 109 cm³/mol. The Labute approximate surface area is 165 Å². The van der Waals surface area contributed by atoms with E-state index < -0.39 is 6.04 Å². The van der Waals surface area contributed by atoms with Crippen molar-refractivity contribution in [1.29, 1.82) is 0 Å². The maximum absolute atomic E-state index is 12.8. The minimum atomic E-state index is -0.479. The number of thioether (sulfide) groups is 1. The summed E-state index contributed by atoms with van der Waals surface area (Å²) in [4.78, 5) is 25.2. The molecule has 0 spiro atoms. The number of benzene rings is 1. The van der Waals surface area contributed by atoms with E-state index in [9.17, 15) is 9.59 Å². The number of carbonyl (C=O) groups excluding carboxylic acids is 2. The number of hydrogen-bond acceptors (Lipinski definition) is 4. The van der Waals surface area contributed by atoms with Crippen LogP contribution in [0.25, 0.3) is 0 Å². The highest BCUT2D eigenvalue weighted by molar-refractivity contribution is 7.98. The zero-order valence-electron chi connectivity index (χ0n) is 15.1. The van der Waals surface area contributed by atoms with Gasteiger partial charge in [-0.3, -0.25) is 9.59 Å². The lowest BCUT2D eigenvalue weighted by molar-refractivity contribution is -0.124. The third-order valence-corrected chi connectivity index (χ3v) is 5.73. The van der Waals surface area contributed by atoms with E-state index in [4.69, 9.17) is 0 Å². The van der Waals surface area contributed by atoms with Crippen molar-refractivity contribution in [2.24, 2.45) is 0 Å². The lowest BCUT2D eigenvalue weighted by Gasteiger charge is -2.31. The molecule has 3 unspecified atom stereocenters. The molecule has 0 radical (unpaired) electrons. The van der Waals surface area contributed by atoms with Gasteiger partial charge in [-0.1, -0.05) is 18.2 Å². The van der Waals surface area contributed by atoms with Gasteiger partial charge in [0.25, 0.3) is 5.91 Å². The Morgan fingerprint density at radius 3 is 2.46 bits per heavy atom. The first-order valence-electron chi connectivity index (χ1n) is 9.07. The van der Waals surface area contributed by atoms with E-state index in [1.54, 1.807) is 23.9 Å². The Hall–Kier alpha value is -1.24. The molecule has 3 N–H and O–H groups in total. The van der Waals surface area contributed by atoms with Crippen LogP contribution in [0.4, 0.5) is 0 Å². The number of nitrogens with one attached hydrogen (secondary N) is 3. The fraction of sp³-hybridized carbons (Fsp3) is 0.579. The summed E-state index contributed by atoms with van der Waals surface area (Å²) in [7, 11) is 0. The van der Waals surface area contributed by atoms with Gasteiger partial charge >= 0.3 is 0 Å². The van der Waals surface area contributed by atoms with Crippen LogP contribution in [0.3, 0.4) is 0 Å². The molecule has 2 heterocycles. The van der Waals surface area contributed by atoms with E-state index in [1.165, 1.54) is 12.8 Å². The Balaban J connectivity index is 0.00000243. The summed E-state index contributed by atoms with van der Waals surface area (Å²) in [6.45, 7) is 0. The van der Waals surface area contributed by atoms with Crippen molar-refractivity contribution < 1.29 is 9.59 Å². The van der Waals surface area contributed by atoms with Crippen molar-refractivity contribution >= 4 is 36.0 Å². The fourth-order valence-corrected chi connectivity index (χ4v) is 4.28. The number of hydrogen-bond donors (Lipinski definition) is 3. The van der Waals surface area contributed by atoms with Crippen LogP contribution in [0.2, 0.25) is 0 Å². The number of piperidine rings is 1. The van der Waals surface area contributed by atoms with Crippen LogP contribution < -0.4 is 16.0 Å². The van der Waals surface area contributed by atoms with E-state index in [-0.39, 0.29) is 30.3 Å². The molecule has 2 saturated heterocycles. The number of rotatable bonds is 7. The SMILES string of the molecule is CSCCC(NC(=O)c1ccccc1)C(=O)NC1CC2CCC(C1)N2.Cl. The van der Waals surface area contributed by atoms with Crippen LogP contribution in [0.15, 0.2) is 30.3 Å². The molecule has 26 heavy (non-hydrogen) atoms. The van der Waals surface area contributed by atoms with Crippen molar-refractivity contribution in [3.63, 3.8) is 0 Å². The molecule has 2 bridgehead atoms. The van der Waals surface area contributed by atoms with Crippen LogP contribution in [0, 0.1) is 0 Å². The Kier molecular flexibility index (Phi) is 8.25. The molecule has 2 fully saturated rings. The van der Waals surface area contributed by atoms with Gasteiger partial charge < -0.3 is 16.0 Å². The van der Waals surface area contributed by atoms with Crippen LogP contribution in [0.5, 0.6) is 0 Å². The van der Waals surface area contributed by atoms with Gasteiger partial charge in [0.05, 0.1) is 0 Å². The second-order valence-corrected chi connectivity index (χ2v) is 7.97. The number of amides is 2. The minimum absolute atomic E-state index is 0. The number of halogens is 1. The van der Waals surface area contributed by atoms with Gasteiger partial charge in [0.2, 0.25) is 5.91 Å². The molecule has 2 aliphatic rings. The normalized spacial score (nSPS) is 25.0. The molecule has 0 aliphatic carbocycles. The minimum Gasteiger partial charge on any atom is -0.351 e. The highest BCUT2D eigenvalue weighted by Gasteiger charge is 2.35. The van der Waals surface area contributed by atoms with Crippen LogP contribution in [0.1, 0.15) is 42.5 Å². The summed E-state index contributed by atoms with van der Waals surface area (Å²) < 4.78 is 0. The average Bonchev–Trinajstić information content (AvgIpc) is 2.97. The molecule has 2 aliphatic heterocycles. The molecule has 144 valence electrons. The zero-order valence-corrected chi connectivity index (χ0v) is 16.7. The van der Waals surface area contributed by atoms with Crippen LogP contribution in [-0.4, -0.2) is 48.0 Å². The fourth-order valence-electron chi connectivity index (χ4n) is 3.81. The van der Waals surface area contributed by atoms with Gasteiger partial charge in [0.1, 0.15) is 6.04 Å². The van der Waals surface area contributed by atoms with Gasteiger partial charge in [-0.15, -0.1) is 12.4 Å². The monoisotopic (exact) mass is 397 g/mol. The second kappa shape index (κ2) is 10.2. The molecular formula is C19H28ClN3O2S. The van der Waals surface area contributed by atoms with Gasteiger partial charge in [-0.25, -0.2) is 0 Å². The van der Waals surface area contributed by atoms with Gasteiger partial charge in [0.15, 0.2) is 0 Å². The first-order valence-corrected chi connectivity index (χ1v) is 10.5. The maximum atomic E-state index is 12.8. The van der Waals surface area contributed by atoms with E-state index in [2.05, 4.69) is 16.0 Å². The quantitative estimate of drug-likeness (QED) is 0.660. The highest BCUT2D eigenvalue weighted by atomic mass is 35.5. The van der Waals surface area contributed by atoms with Crippen molar-refractivity contribution in [3.8, 4) is 0 Å². The summed E-state index contributed by atoms with van der Waals surface area (Å²) in [5.74, 6) is 0.599. The summed E-state index contributed by atoms with van der Waals surface area (Å²) >= 11 is 1.69. The standard InChI is InChI=1S/C19H27N3O2S.ClH/c1-25-10-9-17(22-18(23)13-5-3-2-4-6-13)19(24)21-16-11-14-7-8-15(12-16)20-14;/h2-6,14-17,20H,7-12H2,1H3,(H,21,24)(H,22,23);1H. The molecule has 2 amide bonds. The zero-order chi connectivity index (χ0) is 17.6. The molecule has 3 rings (SSSR count). The van der Waals surface area contributed by atoms with Gasteiger partial charge in [-0.2, -0.15) is 11.8 Å². The molecule has 0 aromatic heterocycles. The van der Waals surface area contributed by atoms with Crippen LogP contribution >= 0.6 is 24.2 Å². The molecular weight excluding hydrogens is 370 g/mol. The van der Waals surface area contributed by atoms with Crippen LogP contribution in [-0.2, 0) is 4.79 Å². The summed E-state index contributed by atoms with van der Waals surface area (Å²) in [5.41, 5.74) is 0.587. The third-order valence-electron chi connectivity index (χ3n) is 5.09. The van der Waals surface area contributed by atoms with Crippen molar-refractivity contribution in [3.05, 3.63) is 35.9 Å². The third kappa shape index (κ3) is 5.63. The Morgan fingerprint density at radius 1 is 1.19 bits per heavy atom. The lowest BCUT2D eigenvalue weighted by atomic mass is 9.99. The number of fused-ring (bicyclic) bond motifs is 2. The molecule has 3 atom stereocenters. The molecule has 1 aromatic carbocycles. The Morgan fingerprint density at radius 2 is 1.85 bits per heavy atom. The first-order chi connectivity index (χ1) is 12.2. The summed E-state index contributed by atoms with van der Waals surface area (Å²) in [6.07, 6.45) is 7.05. The first kappa shape index (κ1) is 21.1. The van der Waals surface area contributed by atoms with Gasteiger partial charge in [-0.05, 0) is 56.2 Å². The Bertz CT molecular complexity index is 590. The summed E-state index contributed by atoms with van der Waals surface area (Å²) in [5, 5.41) is 9.68. The van der Waals surface area contributed by atoms with Crippen molar-refractivity contribution in [2.45, 2.75) is 56.3 Å². The molecule has 7 heteroatoms. The van der Waals surface area contributed by atoms with E-state index in [0.717, 1.165) is 18.6 Å². The highest BCUT2D eigenvalue weighted by Crippen LogP contribution is 2.26. The average molecular weight is 398 g/mol.